The normalized spacial score (nSPS) is 12.7. The van der Waals surface area contributed by atoms with Gasteiger partial charge >= 0.3 is 5.97 Å². The van der Waals surface area contributed by atoms with Crippen LogP contribution in [0.5, 0.6) is 0 Å². The van der Waals surface area contributed by atoms with Crippen LogP contribution in [0.25, 0.3) is 0 Å². The molecule has 6 heteroatoms. The fraction of sp³-hybridized carbons (Fsp3) is 0.890. The summed E-state index contributed by atoms with van der Waals surface area (Å²) in [5.41, 5.74) is 0. The van der Waals surface area contributed by atoms with Crippen molar-refractivity contribution in [2.24, 2.45) is 0 Å². The largest absolute Gasteiger partial charge is 0.466 e. The average Bonchev–Trinajstić information content (AvgIpc) is 3.45. The molecule has 0 rings (SSSR count). The van der Waals surface area contributed by atoms with E-state index in [4.69, 9.17) is 4.74 Å². The number of allylic oxidation sites excluding steroid dienone is 6. The fourth-order valence-electron chi connectivity index (χ4n) is 11.2. The van der Waals surface area contributed by atoms with E-state index in [0.717, 1.165) is 51.4 Å². The molecule has 466 valence electrons. The Bertz CT molecular complexity index is 1280. The highest BCUT2D eigenvalue weighted by Crippen LogP contribution is 2.19. The van der Waals surface area contributed by atoms with Crippen molar-refractivity contribution in [3.63, 3.8) is 0 Å². The number of esters is 1. The fourth-order valence-corrected chi connectivity index (χ4v) is 11.2. The Hall–Kier alpha value is -1.92. The number of aliphatic hydroxyl groups excluding tert-OH is 2. The van der Waals surface area contributed by atoms with Gasteiger partial charge in [0.25, 0.3) is 0 Å². The Morgan fingerprint density at radius 2 is 0.658 bits per heavy atom. The molecule has 0 spiro atoms. The topological polar surface area (TPSA) is 95.9 Å². The van der Waals surface area contributed by atoms with E-state index in [1.54, 1.807) is 0 Å². The number of carbonyl (C=O) groups is 2. The molecule has 0 radical (unpaired) electrons. The number of hydrogen-bond acceptors (Lipinski definition) is 5. The molecule has 0 saturated heterocycles. The monoisotopic (exact) mass is 1110 g/mol. The molecule has 0 bridgehead atoms. The molecule has 0 saturated carbocycles. The van der Waals surface area contributed by atoms with Crippen LogP contribution in [0.2, 0.25) is 0 Å². The molecule has 0 aliphatic heterocycles. The van der Waals surface area contributed by atoms with E-state index in [2.05, 4.69) is 55.6 Å². The summed E-state index contributed by atoms with van der Waals surface area (Å²) in [6, 6.07) is -0.545. The molecule has 1 amide bonds. The van der Waals surface area contributed by atoms with Crippen molar-refractivity contribution in [1.29, 1.82) is 0 Å². The summed E-state index contributed by atoms with van der Waals surface area (Å²) in [6.45, 7) is 4.92. The van der Waals surface area contributed by atoms with Crippen LogP contribution in [0.15, 0.2) is 36.5 Å². The van der Waals surface area contributed by atoms with E-state index in [0.29, 0.717) is 25.9 Å². The van der Waals surface area contributed by atoms with E-state index in [9.17, 15) is 19.8 Å². The van der Waals surface area contributed by atoms with E-state index >= 15 is 0 Å². The average molecular weight is 1110 g/mol. The Labute approximate surface area is 494 Å². The molecule has 0 aliphatic rings. The molecule has 6 nitrogen and oxygen atoms in total. The van der Waals surface area contributed by atoms with E-state index in [1.165, 1.54) is 308 Å². The standard InChI is InChI=1S/C73H139NO5/c1-3-5-7-9-11-13-15-17-18-19-20-21-26-29-32-35-38-42-45-49-53-57-61-65-71(76)70(69-75)74-72(77)66-62-58-54-50-46-43-39-36-33-30-27-24-22-23-25-28-31-34-37-40-44-48-52-56-60-64-68-79-73(78)67-63-59-55-51-47-41-16-14-12-10-8-6-4-2/h8,10,14,16,22,24,70-71,75-76H,3-7,9,11-13,15,17-21,23,25-69H2,1-2H3,(H,74,77)/b10-8-,16-14-,24-22-. The highest BCUT2D eigenvalue weighted by molar-refractivity contribution is 5.76. The second-order valence-electron chi connectivity index (χ2n) is 24.6. The molecule has 0 aromatic heterocycles. The number of amides is 1. The van der Waals surface area contributed by atoms with Gasteiger partial charge in [-0.05, 0) is 77.0 Å². The van der Waals surface area contributed by atoms with Crippen molar-refractivity contribution < 1.29 is 24.5 Å². The van der Waals surface area contributed by atoms with Gasteiger partial charge in [0.05, 0.1) is 25.4 Å². The van der Waals surface area contributed by atoms with E-state index < -0.39 is 12.1 Å². The third kappa shape index (κ3) is 65.1. The summed E-state index contributed by atoms with van der Waals surface area (Å²) in [5, 5.41) is 23.4. The predicted octanol–water partition coefficient (Wildman–Crippen LogP) is 23.1. The van der Waals surface area contributed by atoms with Crippen LogP contribution in [0.3, 0.4) is 0 Å². The summed E-state index contributed by atoms with van der Waals surface area (Å²) in [7, 11) is 0. The summed E-state index contributed by atoms with van der Waals surface area (Å²) in [6.07, 6.45) is 87.7. The Kier molecular flexibility index (Phi) is 66.9. The molecule has 0 aromatic carbocycles. The van der Waals surface area contributed by atoms with Gasteiger partial charge in [-0.3, -0.25) is 9.59 Å². The van der Waals surface area contributed by atoms with E-state index in [-0.39, 0.29) is 18.5 Å². The first-order valence-electron chi connectivity index (χ1n) is 35.7. The number of nitrogens with one attached hydrogen (secondary N) is 1. The minimum atomic E-state index is -0.667. The lowest BCUT2D eigenvalue weighted by molar-refractivity contribution is -0.143. The number of ether oxygens (including phenoxy) is 1. The molecule has 0 fully saturated rings. The van der Waals surface area contributed by atoms with Crippen LogP contribution >= 0.6 is 0 Å². The Balaban J connectivity index is 3.40. The maximum atomic E-state index is 12.6. The molecule has 2 atom stereocenters. The van der Waals surface area contributed by atoms with Crippen molar-refractivity contribution in [3.8, 4) is 0 Å². The van der Waals surface area contributed by atoms with Crippen LogP contribution in [-0.4, -0.2) is 47.4 Å². The molecule has 2 unspecified atom stereocenters. The predicted molar refractivity (Wildman–Crippen MR) is 347 cm³/mol. The maximum absolute atomic E-state index is 12.6. The van der Waals surface area contributed by atoms with Gasteiger partial charge in [-0.2, -0.15) is 0 Å². The molecule has 79 heavy (non-hydrogen) atoms. The van der Waals surface area contributed by atoms with Gasteiger partial charge < -0.3 is 20.3 Å². The molecule has 3 N–H and O–H groups in total. The molecule has 0 heterocycles. The molecule has 0 aliphatic carbocycles. The molecule has 0 aromatic rings. The van der Waals surface area contributed by atoms with Crippen LogP contribution < -0.4 is 5.32 Å². The first kappa shape index (κ1) is 77.1. The first-order valence-corrected chi connectivity index (χ1v) is 35.7. The van der Waals surface area contributed by atoms with Gasteiger partial charge in [-0.1, -0.05) is 339 Å². The van der Waals surface area contributed by atoms with Crippen molar-refractivity contribution in [2.75, 3.05) is 13.2 Å². The van der Waals surface area contributed by atoms with Crippen LogP contribution in [-0.2, 0) is 14.3 Å². The zero-order valence-electron chi connectivity index (χ0n) is 53.4. The number of carbonyl (C=O) groups excluding carboxylic acids is 2. The number of rotatable bonds is 67. The zero-order valence-corrected chi connectivity index (χ0v) is 53.4. The maximum Gasteiger partial charge on any atom is 0.305 e. The first-order chi connectivity index (χ1) is 39.0. The number of hydrogen-bond donors (Lipinski definition) is 3. The van der Waals surface area contributed by atoms with Gasteiger partial charge in [0.15, 0.2) is 0 Å². The number of aliphatic hydroxyl groups is 2. The van der Waals surface area contributed by atoms with Crippen molar-refractivity contribution in [3.05, 3.63) is 36.5 Å². The lowest BCUT2D eigenvalue weighted by atomic mass is 10.0. The quantitative estimate of drug-likeness (QED) is 0.0320. The summed E-state index contributed by atoms with van der Waals surface area (Å²) in [5.74, 6) is -0.0332. The third-order valence-corrected chi connectivity index (χ3v) is 16.6. The van der Waals surface area contributed by atoms with Gasteiger partial charge in [-0.15, -0.1) is 0 Å². The second kappa shape index (κ2) is 68.6. The lowest BCUT2D eigenvalue weighted by Crippen LogP contribution is -2.45. The zero-order chi connectivity index (χ0) is 57.1. The minimum absolute atomic E-state index is 0.000553. The van der Waals surface area contributed by atoms with Crippen LogP contribution in [0.4, 0.5) is 0 Å². The molecular weight excluding hydrogens is 971 g/mol. The highest BCUT2D eigenvalue weighted by Gasteiger charge is 2.20. The summed E-state index contributed by atoms with van der Waals surface area (Å²) in [4.78, 5) is 24.6. The number of unbranched alkanes of at least 4 members (excludes halogenated alkanes) is 50. The van der Waals surface area contributed by atoms with E-state index in [1.807, 2.05) is 0 Å². The van der Waals surface area contributed by atoms with Crippen molar-refractivity contribution in [2.45, 2.75) is 405 Å². The van der Waals surface area contributed by atoms with Crippen molar-refractivity contribution >= 4 is 11.9 Å². The Morgan fingerprint density at radius 3 is 1.03 bits per heavy atom. The SMILES string of the molecule is CCC/C=C\C/C=C\CCCCCCCC(=O)OCCCCCCCCCCCCCC/C=C\CCCCCCCCCCCCC(=O)NC(CO)C(O)CCCCCCCCCCCCCCCCCCCCCCCCC. The Morgan fingerprint density at radius 1 is 0.354 bits per heavy atom. The van der Waals surface area contributed by atoms with Crippen LogP contribution in [0, 0.1) is 0 Å². The second-order valence-corrected chi connectivity index (χ2v) is 24.6. The van der Waals surface area contributed by atoms with Crippen molar-refractivity contribution in [1.82, 2.24) is 5.32 Å². The summed E-state index contributed by atoms with van der Waals surface area (Å²) < 4.78 is 5.47. The lowest BCUT2D eigenvalue weighted by Gasteiger charge is -2.22. The minimum Gasteiger partial charge on any atom is -0.466 e. The van der Waals surface area contributed by atoms with Gasteiger partial charge in [0, 0.05) is 12.8 Å². The highest BCUT2D eigenvalue weighted by atomic mass is 16.5. The van der Waals surface area contributed by atoms with Crippen LogP contribution in [0.1, 0.15) is 393 Å². The third-order valence-electron chi connectivity index (χ3n) is 16.6. The smallest absolute Gasteiger partial charge is 0.305 e. The van der Waals surface area contributed by atoms with Gasteiger partial charge in [0.1, 0.15) is 0 Å². The molecular formula is C73H139NO5. The van der Waals surface area contributed by atoms with Gasteiger partial charge in [-0.25, -0.2) is 0 Å². The summed E-state index contributed by atoms with van der Waals surface area (Å²) >= 11 is 0. The van der Waals surface area contributed by atoms with Gasteiger partial charge in [0.2, 0.25) is 5.91 Å².